The molecule has 70 valence electrons. The maximum absolute atomic E-state index is 8.88. The summed E-state index contributed by atoms with van der Waals surface area (Å²) in [7, 11) is 0. The highest BCUT2D eigenvalue weighted by Gasteiger charge is 2.06. The van der Waals surface area contributed by atoms with E-state index in [1.807, 2.05) is 12.1 Å². The molecule has 1 aromatic heterocycles. The molecule has 2 heteroatoms. The van der Waals surface area contributed by atoms with E-state index in [1.54, 1.807) is 11.3 Å². The first-order valence-corrected chi connectivity index (χ1v) is 5.55. The fourth-order valence-corrected chi connectivity index (χ4v) is 2.79. The largest absolute Gasteiger partial charge is 0.192 e. The van der Waals surface area contributed by atoms with Crippen LogP contribution in [0.25, 0.3) is 10.1 Å². The van der Waals surface area contributed by atoms with Gasteiger partial charge in [-0.1, -0.05) is 6.92 Å². The Hall–Kier alpha value is -1.33. The molecule has 0 radical (unpaired) electrons. The molecule has 0 bridgehead atoms. The molecule has 1 aromatic carbocycles. The minimum Gasteiger partial charge on any atom is -0.192 e. The highest BCUT2D eigenvalue weighted by molar-refractivity contribution is 7.17. The van der Waals surface area contributed by atoms with E-state index >= 15 is 0 Å². The maximum atomic E-state index is 8.88. The second kappa shape index (κ2) is 3.43. The minimum atomic E-state index is 0.774. The number of benzene rings is 1. The van der Waals surface area contributed by atoms with Crippen molar-refractivity contribution >= 4 is 21.4 Å². The topological polar surface area (TPSA) is 23.8 Å². The third-order valence-corrected chi connectivity index (χ3v) is 3.50. The summed E-state index contributed by atoms with van der Waals surface area (Å²) < 4.78 is 1.23. The molecule has 14 heavy (non-hydrogen) atoms. The lowest BCUT2D eigenvalue weighted by molar-refractivity contribution is 1.16. The van der Waals surface area contributed by atoms with Crippen LogP contribution in [-0.2, 0) is 6.42 Å². The SMILES string of the molecule is CCc1cc(C#N)cc2scc(C)c12. The number of fused-ring (bicyclic) bond motifs is 1. The van der Waals surface area contributed by atoms with Gasteiger partial charge in [0.25, 0.3) is 0 Å². The van der Waals surface area contributed by atoms with E-state index in [0.29, 0.717) is 0 Å². The summed E-state index contributed by atoms with van der Waals surface area (Å²) in [5.74, 6) is 0. The van der Waals surface area contributed by atoms with Gasteiger partial charge in [-0.3, -0.25) is 0 Å². The number of nitriles is 1. The summed E-state index contributed by atoms with van der Waals surface area (Å²) >= 11 is 1.72. The van der Waals surface area contributed by atoms with Crippen molar-refractivity contribution in [2.75, 3.05) is 0 Å². The second-order valence-electron chi connectivity index (χ2n) is 3.39. The molecule has 0 unspecified atom stereocenters. The van der Waals surface area contributed by atoms with Crippen molar-refractivity contribution in [1.82, 2.24) is 0 Å². The summed E-state index contributed by atoms with van der Waals surface area (Å²) in [4.78, 5) is 0. The number of aryl methyl sites for hydroxylation is 2. The monoisotopic (exact) mass is 201 g/mol. The summed E-state index contributed by atoms with van der Waals surface area (Å²) in [5, 5.41) is 12.4. The molecular weight excluding hydrogens is 190 g/mol. The Morgan fingerprint density at radius 2 is 2.21 bits per heavy atom. The lowest BCUT2D eigenvalue weighted by Crippen LogP contribution is -1.85. The van der Waals surface area contributed by atoms with Gasteiger partial charge in [0.1, 0.15) is 0 Å². The van der Waals surface area contributed by atoms with Crippen LogP contribution in [-0.4, -0.2) is 0 Å². The Bertz CT molecular complexity index is 517. The van der Waals surface area contributed by atoms with Crippen molar-refractivity contribution in [3.63, 3.8) is 0 Å². The van der Waals surface area contributed by atoms with Gasteiger partial charge in [0.15, 0.2) is 0 Å². The zero-order valence-electron chi connectivity index (χ0n) is 8.29. The Balaban J connectivity index is 2.84. The van der Waals surface area contributed by atoms with Crippen molar-refractivity contribution in [1.29, 1.82) is 5.26 Å². The molecular formula is C12H11NS. The zero-order chi connectivity index (χ0) is 10.1. The number of rotatable bonds is 1. The van der Waals surface area contributed by atoms with E-state index in [9.17, 15) is 0 Å². The molecule has 0 aliphatic rings. The fraction of sp³-hybridized carbons (Fsp3) is 0.250. The van der Waals surface area contributed by atoms with Gasteiger partial charge >= 0.3 is 0 Å². The predicted molar refractivity (Wildman–Crippen MR) is 60.7 cm³/mol. The molecule has 0 fully saturated rings. The quantitative estimate of drug-likeness (QED) is 0.691. The van der Waals surface area contributed by atoms with Crippen LogP contribution in [0.5, 0.6) is 0 Å². The van der Waals surface area contributed by atoms with Crippen LogP contribution >= 0.6 is 11.3 Å². The summed E-state index contributed by atoms with van der Waals surface area (Å²) in [6.07, 6.45) is 0.990. The molecule has 0 saturated carbocycles. The van der Waals surface area contributed by atoms with E-state index in [1.165, 1.54) is 21.2 Å². The highest BCUT2D eigenvalue weighted by atomic mass is 32.1. The molecule has 0 N–H and O–H groups in total. The Labute approximate surface area is 87.6 Å². The van der Waals surface area contributed by atoms with Gasteiger partial charge in [-0.05, 0) is 47.4 Å². The highest BCUT2D eigenvalue weighted by Crippen LogP contribution is 2.30. The number of nitrogens with zero attached hydrogens (tertiary/aromatic N) is 1. The standard InChI is InChI=1S/C12H11NS/c1-3-10-4-9(6-13)5-11-12(10)8(2)7-14-11/h4-5,7H,3H2,1-2H3. The fourth-order valence-electron chi connectivity index (χ4n) is 1.77. The van der Waals surface area contributed by atoms with Gasteiger partial charge in [-0.2, -0.15) is 5.26 Å². The average Bonchev–Trinajstić information content (AvgIpc) is 2.59. The smallest absolute Gasteiger partial charge is 0.0992 e. The van der Waals surface area contributed by atoms with Crippen LogP contribution in [0, 0.1) is 18.3 Å². The number of thiophene rings is 1. The van der Waals surface area contributed by atoms with Crippen molar-refractivity contribution in [2.45, 2.75) is 20.3 Å². The van der Waals surface area contributed by atoms with Crippen molar-refractivity contribution < 1.29 is 0 Å². The Morgan fingerprint density at radius 1 is 1.43 bits per heavy atom. The molecule has 0 aliphatic heterocycles. The molecule has 0 atom stereocenters. The van der Waals surface area contributed by atoms with E-state index < -0.39 is 0 Å². The van der Waals surface area contributed by atoms with Crippen LogP contribution in [0.4, 0.5) is 0 Å². The van der Waals surface area contributed by atoms with Crippen LogP contribution in [0.15, 0.2) is 17.5 Å². The molecule has 0 amide bonds. The van der Waals surface area contributed by atoms with Gasteiger partial charge in [0.05, 0.1) is 11.6 Å². The van der Waals surface area contributed by atoms with E-state index in [2.05, 4.69) is 25.3 Å². The lowest BCUT2D eigenvalue weighted by atomic mass is 10.0. The second-order valence-corrected chi connectivity index (χ2v) is 4.30. The molecule has 1 nitrogen and oxygen atoms in total. The summed E-state index contributed by atoms with van der Waals surface area (Å²) in [6.45, 7) is 4.26. The molecule has 1 heterocycles. The summed E-state index contributed by atoms with van der Waals surface area (Å²) in [6, 6.07) is 6.19. The predicted octanol–water partition coefficient (Wildman–Crippen LogP) is 3.64. The van der Waals surface area contributed by atoms with E-state index in [4.69, 9.17) is 5.26 Å². The van der Waals surface area contributed by atoms with Crippen LogP contribution in [0.2, 0.25) is 0 Å². The average molecular weight is 201 g/mol. The minimum absolute atomic E-state index is 0.774. The van der Waals surface area contributed by atoms with Crippen LogP contribution in [0.1, 0.15) is 23.6 Å². The first kappa shape index (κ1) is 9.23. The number of hydrogen-bond acceptors (Lipinski definition) is 2. The van der Waals surface area contributed by atoms with Gasteiger partial charge < -0.3 is 0 Å². The third kappa shape index (κ3) is 1.30. The first-order chi connectivity index (χ1) is 6.76. The third-order valence-electron chi connectivity index (χ3n) is 2.45. The Kier molecular flexibility index (Phi) is 2.26. The van der Waals surface area contributed by atoms with Crippen molar-refractivity contribution in [3.05, 3.63) is 34.2 Å². The van der Waals surface area contributed by atoms with Gasteiger partial charge in [0, 0.05) is 4.70 Å². The maximum Gasteiger partial charge on any atom is 0.0992 e. The molecule has 0 spiro atoms. The molecule has 0 saturated heterocycles. The van der Waals surface area contributed by atoms with Gasteiger partial charge in [-0.15, -0.1) is 11.3 Å². The number of hydrogen-bond donors (Lipinski definition) is 0. The zero-order valence-corrected chi connectivity index (χ0v) is 9.11. The lowest BCUT2D eigenvalue weighted by Gasteiger charge is -2.01. The molecule has 0 aliphatic carbocycles. The van der Waals surface area contributed by atoms with E-state index in [0.717, 1.165) is 12.0 Å². The van der Waals surface area contributed by atoms with Gasteiger partial charge in [0.2, 0.25) is 0 Å². The van der Waals surface area contributed by atoms with Crippen LogP contribution < -0.4 is 0 Å². The van der Waals surface area contributed by atoms with E-state index in [-0.39, 0.29) is 0 Å². The normalized spacial score (nSPS) is 10.4. The van der Waals surface area contributed by atoms with Crippen LogP contribution in [0.3, 0.4) is 0 Å². The van der Waals surface area contributed by atoms with Crippen molar-refractivity contribution in [3.8, 4) is 6.07 Å². The van der Waals surface area contributed by atoms with Gasteiger partial charge in [-0.25, -0.2) is 0 Å². The Morgan fingerprint density at radius 3 is 2.86 bits per heavy atom. The first-order valence-electron chi connectivity index (χ1n) is 4.67. The summed E-state index contributed by atoms with van der Waals surface area (Å²) in [5.41, 5.74) is 3.39. The molecule has 2 rings (SSSR count). The molecule has 2 aromatic rings. The van der Waals surface area contributed by atoms with Crippen molar-refractivity contribution in [2.24, 2.45) is 0 Å².